The first-order valence-electron chi connectivity index (χ1n) is 6.35. The van der Waals surface area contributed by atoms with Crippen LogP contribution in [0.15, 0.2) is 24.3 Å². The molecule has 5 heteroatoms. The number of carboxylic acids is 1. The van der Waals surface area contributed by atoms with Crippen molar-refractivity contribution in [1.29, 1.82) is 0 Å². The molecular formula is C14H18N2O3. The fourth-order valence-electron chi connectivity index (χ4n) is 2.60. The molecule has 1 aromatic rings. The summed E-state index contributed by atoms with van der Waals surface area (Å²) in [4.78, 5) is 24.9. The molecule has 1 aliphatic heterocycles. The van der Waals surface area contributed by atoms with Crippen molar-refractivity contribution in [2.75, 3.05) is 12.3 Å². The number of amides is 1. The lowest BCUT2D eigenvalue weighted by atomic mass is 10.0. The van der Waals surface area contributed by atoms with Gasteiger partial charge in [-0.25, -0.2) is 0 Å². The largest absolute Gasteiger partial charge is 0.481 e. The van der Waals surface area contributed by atoms with E-state index in [9.17, 15) is 9.59 Å². The predicted molar refractivity (Wildman–Crippen MR) is 71.5 cm³/mol. The summed E-state index contributed by atoms with van der Waals surface area (Å²) in [6.45, 7) is 2.31. The average molecular weight is 262 g/mol. The van der Waals surface area contributed by atoms with Crippen molar-refractivity contribution >= 4 is 17.6 Å². The van der Waals surface area contributed by atoms with E-state index in [2.05, 4.69) is 0 Å². The van der Waals surface area contributed by atoms with E-state index in [0.717, 1.165) is 5.56 Å². The number of aliphatic carboxylic acids is 1. The molecule has 3 N–H and O–H groups in total. The van der Waals surface area contributed by atoms with Crippen LogP contribution in [-0.2, 0) is 16.0 Å². The summed E-state index contributed by atoms with van der Waals surface area (Å²) in [5, 5.41) is 9.05. The van der Waals surface area contributed by atoms with Gasteiger partial charge in [-0.3, -0.25) is 9.59 Å². The SMILES string of the molecule is CC1C(C(=O)O)CCN1C(=O)Cc1cccc(N)c1. The van der Waals surface area contributed by atoms with Crippen LogP contribution in [0.25, 0.3) is 0 Å². The van der Waals surface area contributed by atoms with Crippen LogP contribution < -0.4 is 5.73 Å². The van der Waals surface area contributed by atoms with Crippen molar-refractivity contribution in [3.8, 4) is 0 Å². The van der Waals surface area contributed by atoms with Crippen LogP contribution in [0.5, 0.6) is 0 Å². The average Bonchev–Trinajstić information content (AvgIpc) is 2.71. The van der Waals surface area contributed by atoms with Crippen molar-refractivity contribution in [1.82, 2.24) is 4.90 Å². The van der Waals surface area contributed by atoms with E-state index in [0.29, 0.717) is 18.7 Å². The molecule has 1 heterocycles. The van der Waals surface area contributed by atoms with Gasteiger partial charge < -0.3 is 15.7 Å². The minimum absolute atomic E-state index is 0.0400. The molecule has 2 rings (SSSR count). The molecule has 0 aliphatic carbocycles. The molecule has 0 saturated carbocycles. The van der Waals surface area contributed by atoms with Gasteiger partial charge in [0.1, 0.15) is 0 Å². The zero-order chi connectivity index (χ0) is 14.0. The quantitative estimate of drug-likeness (QED) is 0.800. The smallest absolute Gasteiger partial charge is 0.308 e. The first-order chi connectivity index (χ1) is 8.99. The van der Waals surface area contributed by atoms with Crippen LogP contribution in [0.3, 0.4) is 0 Å². The third-order valence-corrected chi connectivity index (χ3v) is 3.70. The molecule has 102 valence electrons. The minimum atomic E-state index is -0.827. The Labute approximate surface area is 112 Å². The maximum Gasteiger partial charge on any atom is 0.308 e. The Hall–Kier alpha value is -2.04. The minimum Gasteiger partial charge on any atom is -0.481 e. The number of carbonyl (C=O) groups excluding carboxylic acids is 1. The highest BCUT2D eigenvalue weighted by molar-refractivity contribution is 5.81. The first-order valence-corrected chi connectivity index (χ1v) is 6.35. The molecule has 1 fully saturated rings. The van der Waals surface area contributed by atoms with Crippen molar-refractivity contribution in [3.63, 3.8) is 0 Å². The number of carbonyl (C=O) groups is 2. The van der Waals surface area contributed by atoms with E-state index >= 15 is 0 Å². The topological polar surface area (TPSA) is 83.6 Å². The number of likely N-dealkylation sites (tertiary alicyclic amines) is 1. The molecule has 5 nitrogen and oxygen atoms in total. The highest BCUT2D eigenvalue weighted by atomic mass is 16.4. The van der Waals surface area contributed by atoms with Crippen LogP contribution in [0.2, 0.25) is 0 Å². The zero-order valence-corrected chi connectivity index (χ0v) is 10.9. The van der Waals surface area contributed by atoms with Gasteiger partial charge in [0.05, 0.1) is 12.3 Å². The van der Waals surface area contributed by atoms with Crippen LogP contribution in [0.4, 0.5) is 5.69 Å². The lowest BCUT2D eigenvalue weighted by Crippen LogP contribution is -2.38. The second-order valence-electron chi connectivity index (χ2n) is 4.98. The van der Waals surface area contributed by atoms with E-state index in [1.807, 2.05) is 12.1 Å². The normalized spacial score (nSPS) is 22.5. The van der Waals surface area contributed by atoms with Crippen molar-refractivity contribution < 1.29 is 14.7 Å². The summed E-state index contributed by atoms with van der Waals surface area (Å²) in [7, 11) is 0. The molecule has 1 aromatic carbocycles. The maximum atomic E-state index is 12.2. The predicted octanol–water partition coefficient (Wildman–Crippen LogP) is 1.13. The van der Waals surface area contributed by atoms with E-state index in [1.54, 1.807) is 24.0 Å². The monoisotopic (exact) mass is 262 g/mol. The summed E-state index contributed by atoms with van der Waals surface area (Å²) in [6, 6.07) is 6.96. The number of hydrogen-bond acceptors (Lipinski definition) is 3. The van der Waals surface area contributed by atoms with E-state index in [1.165, 1.54) is 0 Å². The Morgan fingerprint density at radius 2 is 2.21 bits per heavy atom. The van der Waals surface area contributed by atoms with Gasteiger partial charge in [-0.2, -0.15) is 0 Å². The summed E-state index contributed by atoms with van der Waals surface area (Å²) in [6.07, 6.45) is 0.793. The van der Waals surface area contributed by atoms with Crippen molar-refractivity contribution in [2.24, 2.45) is 5.92 Å². The maximum absolute atomic E-state index is 12.2. The number of carboxylic acid groups (broad SMARTS) is 1. The Bertz CT molecular complexity index is 501. The Morgan fingerprint density at radius 1 is 1.47 bits per heavy atom. The van der Waals surface area contributed by atoms with Crippen molar-refractivity contribution in [3.05, 3.63) is 29.8 Å². The summed E-state index contributed by atoms with van der Waals surface area (Å²) < 4.78 is 0. The summed E-state index contributed by atoms with van der Waals surface area (Å²) in [5.74, 6) is -1.32. The molecule has 0 bridgehead atoms. The van der Waals surface area contributed by atoms with Gasteiger partial charge >= 0.3 is 5.97 Å². The van der Waals surface area contributed by atoms with Crippen LogP contribution in [0, 0.1) is 5.92 Å². The third kappa shape index (κ3) is 2.86. The standard InChI is InChI=1S/C14H18N2O3/c1-9-12(14(18)19)5-6-16(9)13(17)8-10-3-2-4-11(15)7-10/h2-4,7,9,12H,5-6,8,15H2,1H3,(H,18,19). The van der Waals surface area contributed by atoms with Gasteiger partial charge in [0.2, 0.25) is 5.91 Å². The van der Waals surface area contributed by atoms with Gasteiger partial charge in [-0.05, 0) is 31.0 Å². The molecule has 1 aliphatic rings. The summed E-state index contributed by atoms with van der Waals surface area (Å²) >= 11 is 0. The third-order valence-electron chi connectivity index (χ3n) is 3.70. The highest BCUT2D eigenvalue weighted by Gasteiger charge is 2.37. The number of anilines is 1. The zero-order valence-electron chi connectivity index (χ0n) is 10.9. The lowest BCUT2D eigenvalue weighted by molar-refractivity contribution is -0.143. The first kappa shape index (κ1) is 13.4. The number of nitrogens with zero attached hydrogens (tertiary/aromatic N) is 1. The second kappa shape index (κ2) is 5.30. The molecule has 1 saturated heterocycles. The molecular weight excluding hydrogens is 244 g/mol. The Kier molecular flexibility index (Phi) is 3.74. The number of benzene rings is 1. The van der Waals surface area contributed by atoms with Crippen LogP contribution in [0.1, 0.15) is 18.9 Å². The number of rotatable bonds is 3. The van der Waals surface area contributed by atoms with Gasteiger partial charge in [-0.1, -0.05) is 12.1 Å². The fraction of sp³-hybridized carbons (Fsp3) is 0.429. The van der Waals surface area contributed by atoms with E-state index < -0.39 is 11.9 Å². The van der Waals surface area contributed by atoms with Gasteiger partial charge in [0.25, 0.3) is 0 Å². The fourth-order valence-corrected chi connectivity index (χ4v) is 2.60. The Morgan fingerprint density at radius 3 is 2.79 bits per heavy atom. The van der Waals surface area contributed by atoms with Gasteiger partial charge in [-0.15, -0.1) is 0 Å². The number of nitrogens with two attached hydrogens (primary N) is 1. The highest BCUT2D eigenvalue weighted by Crippen LogP contribution is 2.25. The van der Waals surface area contributed by atoms with E-state index in [4.69, 9.17) is 10.8 Å². The van der Waals surface area contributed by atoms with Crippen LogP contribution in [-0.4, -0.2) is 34.5 Å². The van der Waals surface area contributed by atoms with Crippen molar-refractivity contribution in [2.45, 2.75) is 25.8 Å². The van der Waals surface area contributed by atoms with Gasteiger partial charge in [0, 0.05) is 18.3 Å². The number of hydrogen-bond donors (Lipinski definition) is 2. The summed E-state index contributed by atoms with van der Waals surface area (Å²) in [5.41, 5.74) is 7.16. The molecule has 1 amide bonds. The molecule has 0 aromatic heterocycles. The molecule has 0 radical (unpaired) electrons. The lowest BCUT2D eigenvalue weighted by Gasteiger charge is -2.23. The van der Waals surface area contributed by atoms with Gasteiger partial charge in [0.15, 0.2) is 0 Å². The van der Waals surface area contributed by atoms with E-state index in [-0.39, 0.29) is 18.4 Å². The Balaban J connectivity index is 2.03. The van der Waals surface area contributed by atoms with Crippen LogP contribution >= 0.6 is 0 Å². The molecule has 2 unspecified atom stereocenters. The molecule has 2 atom stereocenters. The second-order valence-corrected chi connectivity index (χ2v) is 4.98. The molecule has 19 heavy (non-hydrogen) atoms. The number of nitrogen functional groups attached to an aromatic ring is 1. The molecule has 0 spiro atoms.